The van der Waals surface area contributed by atoms with E-state index in [1.807, 2.05) is 26.1 Å². The van der Waals surface area contributed by atoms with Gasteiger partial charge in [0.15, 0.2) is 0 Å². The summed E-state index contributed by atoms with van der Waals surface area (Å²) >= 11 is 0. The van der Waals surface area contributed by atoms with Crippen LogP contribution >= 0.6 is 0 Å². The van der Waals surface area contributed by atoms with E-state index in [-0.39, 0.29) is 0 Å². The number of rotatable bonds is 4. The van der Waals surface area contributed by atoms with Gasteiger partial charge >= 0.3 is 0 Å². The fourth-order valence-electron chi connectivity index (χ4n) is 1.14. The summed E-state index contributed by atoms with van der Waals surface area (Å²) in [6.45, 7) is 4.78. The second kappa shape index (κ2) is 6.09. The maximum Gasteiger partial charge on any atom is 0.0568 e. The highest BCUT2D eigenvalue weighted by atomic mass is 15.2. The highest BCUT2D eigenvalue weighted by molar-refractivity contribution is 5.85. The summed E-state index contributed by atoms with van der Waals surface area (Å²) in [6, 6.07) is 8.18. The van der Waals surface area contributed by atoms with E-state index in [0.717, 1.165) is 17.8 Å². The van der Waals surface area contributed by atoms with Gasteiger partial charge < -0.3 is 5.32 Å². The standard InChI is InChI=1S/C12H17N3/c1-10-4-6-12(7-5-10)9-14-15-11(2)8-13-3/h4-7,9,13H,8H2,1-3H3/b14-9+,15-11-. The van der Waals surface area contributed by atoms with E-state index in [2.05, 4.69) is 34.6 Å². The maximum atomic E-state index is 4.06. The van der Waals surface area contributed by atoms with Gasteiger partial charge in [0.2, 0.25) is 0 Å². The lowest BCUT2D eigenvalue weighted by Crippen LogP contribution is -2.15. The number of nitrogens with zero attached hydrogens (tertiary/aromatic N) is 2. The van der Waals surface area contributed by atoms with Crippen LogP contribution in [0.1, 0.15) is 18.1 Å². The third-order valence-corrected chi connectivity index (χ3v) is 1.95. The van der Waals surface area contributed by atoms with Crippen molar-refractivity contribution in [1.82, 2.24) is 5.32 Å². The molecule has 0 heterocycles. The number of aryl methyl sites for hydroxylation is 1. The molecule has 0 fully saturated rings. The third-order valence-electron chi connectivity index (χ3n) is 1.95. The van der Waals surface area contributed by atoms with Crippen LogP contribution < -0.4 is 5.32 Å². The predicted octanol–water partition coefficient (Wildman–Crippen LogP) is 2.01. The highest BCUT2D eigenvalue weighted by Crippen LogP contribution is 2.00. The normalized spacial score (nSPS) is 12.3. The van der Waals surface area contributed by atoms with Crippen LogP contribution in [0, 0.1) is 6.92 Å². The van der Waals surface area contributed by atoms with Crippen molar-refractivity contribution >= 4 is 11.9 Å². The molecular formula is C12H17N3. The van der Waals surface area contributed by atoms with Crippen LogP contribution in [0.15, 0.2) is 34.5 Å². The number of hydrogen-bond donors (Lipinski definition) is 1. The third kappa shape index (κ3) is 4.51. The quantitative estimate of drug-likeness (QED) is 0.590. The monoisotopic (exact) mass is 203 g/mol. The lowest BCUT2D eigenvalue weighted by atomic mass is 10.2. The minimum Gasteiger partial charge on any atom is -0.314 e. The molecule has 0 aliphatic carbocycles. The molecule has 80 valence electrons. The molecule has 0 amide bonds. The molecule has 0 saturated heterocycles. The largest absolute Gasteiger partial charge is 0.314 e. The van der Waals surface area contributed by atoms with Crippen molar-refractivity contribution in [3.63, 3.8) is 0 Å². The van der Waals surface area contributed by atoms with Crippen molar-refractivity contribution in [2.45, 2.75) is 13.8 Å². The summed E-state index contributed by atoms with van der Waals surface area (Å²) in [5, 5.41) is 11.1. The molecule has 0 aliphatic heterocycles. The number of benzene rings is 1. The summed E-state index contributed by atoms with van der Waals surface area (Å²) in [4.78, 5) is 0. The minimum atomic E-state index is 0.769. The van der Waals surface area contributed by atoms with Gasteiger partial charge in [-0.1, -0.05) is 29.8 Å². The molecule has 0 aliphatic rings. The summed E-state index contributed by atoms with van der Waals surface area (Å²) < 4.78 is 0. The molecule has 0 unspecified atom stereocenters. The average Bonchev–Trinajstić information content (AvgIpc) is 2.21. The molecule has 1 rings (SSSR count). The number of hydrogen-bond acceptors (Lipinski definition) is 3. The second-order valence-corrected chi connectivity index (χ2v) is 3.52. The van der Waals surface area contributed by atoms with Gasteiger partial charge in [0.25, 0.3) is 0 Å². The topological polar surface area (TPSA) is 36.8 Å². The molecule has 0 radical (unpaired) electrons. The molecule has 0 bridgehead atoms. The van der Waals surface area contributed by atoms with E-state index in [9.17, 15) is 0 Å². The van der Waals surface area contributed by atoms with Crippen LogP contribution in [0.5, 0.6) is 0 Å². The second-order valence-electron chi connectivity index (χ2n) is 3.52. The lowest BCUT2D eigenvalue weighted by Gasteiger charge is -1.95. The van der Waals surface area contributed by atoms with Crippen molar-refractivity contribution in [3.05, 3.63) is 35.4 Å². The average molecular weight is 203 g/mol. The van der Waals surface area contributed by atoms with Gasteiger partial charge in [-0.15, -0.1) is 0 Å². The Hall–Kier alpha value is -1.48. The van der Waals surface area contributed by atoms with Gasteiger partial charge in [0.1, 0.15) is 0 Å². The minimum absolute atomic E-state index is 0.769. The molecule has 0 aromatic heterocycles. The Morgan fingerprint density at radius 2 is 2.00 bits per heavy atom. The Kier molecular flexibility index (Phi) is 4.71. The Labute approximate surface area is 90.9 Å². The van der Waals surface area contributed by atoms with E-state index in [0.29, 0.717) is 0 Å². The van der Waals surface area contributed by atoms with E-state index in [1.54, 1.807) is 6.21 Å². The SMILES string of the molecule is CNC/C(C)=N\N=C\c1ccc(C)cc1. The molecule has 3 heteroatoms. The highest BCUT2D eigenvalue weighted by Gasteiger charge is 1.87. The Bertz CT molecular complexity index is 350. The van der Waals surface area contributed by atoms with Crippen molar-refractivity contribution in [2.75, 3.05) is 13.6 Å². The summed E-state index contributed by atoms with van der Waals surface area (Å²) in [5.41, 5.74) is 3.30. The molecule has 1 aromatic rings. The fraction of sp³-hybridized carbons (Fsp3) is 0.333. The molecule has 0 spiro atoms. The van der Waals surface area contributed by atoms with Crippen molar-refractivity contribution in [1.29, 1.82) is 0 Å². The molecular weight excluding hydrogens is 186 g/mol. The summed E-state index contributed by atoms with van der Waals surface area (Å²) in [6.07, 6.45) is 1.76. The zero-order chi connectivity index (χ0) is 11.1. The Balaban J connectivity index is 2.58. The molecule has 15 heavy (non-hydrogen) atoms. The first kappa shape index (κ1) is 11.6. The van der Waals surface area contributed by atoms with Crippen LogP contribution in [-0.4, -0.2) is 25.5 Å². The zero-order valence-electron chi connectivity index (χ0n) is 9.49. The Morgan fingerprint density at radius 1 is 1.33 bits per heavy atom. The molecule has 3 nitrogen and oxygen atoms in total. The van der Waals surface area contributed by atoms with Crippen LogP contribution in [0.4, 0.5) is 0 Å². The lowest BCUT2D eigenvalue weighted by molar-refractivity contribution is 0.936. The zero-order valence-corrected chi connectivity index (χ0v) is 9.49. The van der Waals surface area contributed by atoms with Gasteiger partial charge in [-0.3, -0.25) is 0 Å². The van der Waals surface area contributed by atoms with Crippen LogP contribution in [0.25, 0.3) is 0 Å². The molecule has 1 aromatic carbocycles. The van der Waals surface area contributed by atoms with Crippen molar-refractivity contribution in [2.24, 2.45) is 10.2 Å². The van der Waals surface area contributed by atoms with E-state index >= 15 is 0 Å². The Morgan fingerprint density at radius 3 is 2.60 bits per heavy atom. The van der Waals surface area contributed by atoms with Crippen molar-refractivity contribution < 1.29 is 0 Å². The van der Waals surface area contributed by atoms with E-state index in [1.165, 1.54) is 5.56 Å². The smallest absolute Gasteiger partial charge is 0.0568 e. The van der Waals surface area contributed by atoms with Gasteiger partial charge in [-0.05, 0) is 26.5 Å². The van der Waals surface area contributed by atoms with Gasteiger partial charge in [-0.25, -0.2) is 0 Å². The van der Waals surface area contributed by atoms with Crippen molar-refractivity contribution in [3.8, 4) is 0 Å². The first-order valence-electron chi connectivity index (χ1n) is 5.00. The van der Waals surface area contributed by atoms with Crippen LogP contribution in [0.2, 0.25) is 0 Å². The predicted molar refractivity (Wildman–Crippen MR) is 65.8 cm³/mol. The van der Waals surface area contributed by atoms with Crippen LogP contribution in [0.3, 0.4) is 0 Å². The molecule has 1 N–H and O–H groups in total. The van der Waals surface area contributed by atoms with E-state index < -0.39 is 0 Å². The first-order valence-corrected chi connectivity index (χ1v) is 5.00. The first-order chi connectivity index (χ1) is 7.22. The molecule has 0 saturated carbocycles. The van der Waals surface area contributed by atoms with Gasteiger partial charge in [0.05, 0.1) is 11.9 Å². The van der Waals surface area contributed by atoms with Gasteiger partial charge in [-0.2, -0.15) is 10.2 Å². The van der Waals surface area contributed by atoms with Gasteiger partial charge in [0, 0.05) is 6.54 Å². The summed E-state index contributed by atoms with van der Waals surface area (Å²) in [7, 11) is 1.89. The van der Waals surface area contributed by atoms with Crippen LogP contribution in [-0.2, 0) is 0 Å². The fourth-order valence-corrected chi connectivity index (χ4v) is 1.14. The molecule has 0 atom stereocenters. The van der Waals surface area contributed by atoms with E-state index in [4.69, 9.17) is 0 Å². The summed E-state index contributed by atoms with van der Waals surface area (Å²) in [5.74, 6) is 0. The number of nitrogens with one attached hydrogen (secondary N) is 1. The maximum absolute atomic E-state index is 4.06.